The molecular weight excluding hydrogens is 741 g/mol. The zero-order valence-corrected chi connectivity index (χ0v) is 22.5. The van der Waals surface area contributed by atoms with Gasteiger partial charge in [0.15, 0.2) is 0 Å². The van der Waals surface area contributed by atoms with E-state index in [2.05, 4.69) is 42.0 Å². The van der Waals surface area contributed by atoms with E-state index in [0.29, 0.717) is 5.56 Å². The number of aromatic carboxylic acids is 1. The number of carbonyl (C=O) groups is 2. The summed E-state index contributed by atoms with van der Waals surface area (Å²) in [6.07, 6.45) is 0. The summed E-state index contributed by atoms with van der Waals surface area (Å²) in [6, 6.07) is 8.27. The van der Waals surface area contributed by atoms with E-state index in [1.54, 1.807) is 0 Å². The van der Waals surface area contributed by atoms with Gasteiger partial charge < -0.3 is 9.84 Å². The Morgan fingerprint density at radius 1 is 0.900 bits per heavy atom. The van der Waals surface area contributed by atoms with Crippen molar-refractivity contribution in [1.29, 1.82) is 0 Å². The third kappa shape index (κ3) is 8.62. The van der Waals surface area contributed by atoms with Crippen molar-refractivity contribution in [3.63, 3.8) is 0 Å². The van der Waals surface area contributed by atoms with E-state index in [0.717, 1.165) is 0 Å². The third-order valence-corrected chi connectivity index (χ3v) is 3.64. The van der Waals surface area contributed by atoms with Crippen LogP contribution in [-0.2, 0) is 4.74 Å². The summed E-state index contributed by atoms with van der Waals surface area (Å²) in [6.45, 7) is 2.94. The van der Waals surface area contributed by atoms with Gasteiger partial charge in [-0.05, 0) is 26.0 Å². The van der Waals surface area contributed by atoms with E-state index >= 15 is 0 Å². The second kappa shape index (κ2) is 15.2. The number of ether oxygens (including phenoxy) is 1. The molecule has 0 spiro atoms. The highest BCUT2D eigenvalue weighted by Crippen LogP contribution is 2.22. The molecule has 0 saturated carbocycles. The number of methoxy groups -OCH3 is 1. The van der Waals surface area contributed by atoms with Crippen LogP contribution in [0.15, 0.2) is 36.4 Å². The maximum atomic E-state index is 11.2. The monoisotopic (exact) mass is 758 g/mol. The second-order valence-corrected chi connectivity index (χ2v) is 5.21. The van der Waals surface area contributed by atoms with E-state index in [4.69, 9.17) is 5.11 Å². The van der Waals surface area contributed by atoms with Gasteiger partial charge in [0.2, 0.25) is 0 Å². The number of hydrogen-bond donors (Lipinski definition) is 1. The van der Waals surface area contributed by atoms with E-state index in [1.807, 2.05) is 0 Å². The van der Waals surface area contributed by atoms with Crippen molar-refractivity contribution in [2.24, 2.45) is 0 Å². The quantitative estimate of drug-likeness (QED) is 0.181. The Morgan fingerprint density at radius 2 is 1.27 bits per heavy atom. The number of esters is 1. The first-order valence-electron chi connectivity index (χ1n) is 7.55. The summed E-state index contributed by atoms with van der Waals surface area (Å²) in [5, 5.41) is 29.6. The highest BCUT2D eigenvalue weighted by molar-refractivity contribution is 15.0. The van der Waals surface area contributed by atoms with Gasteiger partial charge in [0, 0.05) is 60.5 Å². The first-order chi connectivity index (χ1) is 13.6. The molecule has 0 aliphatic heterocycles. The lowest BCUT2D eigenvalue weighted by molar-refractivity contribution is -0.385. The van der Waals surface area contributed by atoms with E-state index in [-0.39, 0.29) is 52.0 Å². The summed E-state index contributed by atoms with van der Waals surface area (Å²) in [4.78, 5) is 41.6. The van der Waals surface area contributed by atoms with Gasteiger partial charge in [0.1, 0.15) is 0 Å². The maximum absolute atomic E-state index is 11.2. The van der Waals surface area contributed by atoms with Gasteiger partial charge in [0.05, 0.1) is 28.1 Å². The first kappa shape index (κ1) is 30.6. The zero-order chi connectivity index (χ0) is 22.7. The molecule has 0 aliphatic rings. The van der Waals surface area contributed by atoms with Crippen LogP contribution in [0.3, 0.4) is 0 Å². The Hall–Kier alpha value is -1.63. The number of nitrogens with zero attached hydrogens (tertiary/aromatic N) is 2. The molecule has 0 bridgehead atoms. The molecular formula is C17H17I3N2O8. The summed E-state index contributed by atoms with van der Waals surface area (Å²) in [5.41, 5.74) is 0.452. The molecule has 0 radical (unpaired) electrons. The van der Waals surface area contributed by atoms with Gasteiger partial charge in [-0.25, -0.2) is 9.59 Å². The van der Waals surface area contributed by atoms with Gasteiger partial charge >= 0.3 is 11.9 Å². The number of benzene rings is 2. The second-order valence-electron chi connectivity index (χ2n) is 5.21. The molecule has 1 N–H and O–H groups in total. The fraction of sp³-hybridized carbons (Fsp3) is 0.176. The standard InChI is InChI=1S/C9H9NO4.C8H7NO4.I2.HI/c1-6-7(9(11)14-2)4-3-5-8(6)10(12)13;1-5-6(8(10)11)3-2-4-7(5)9(12)13;1-2;/h3-5H,1-2H3;2-4H,1H3,(H,10,11);;1H. The molecule has 0 aliphatic carbocycles. The van der Waals surface area contributed by atoms with E-state index in [1.165, 1.54) is 57.4 Å². The Kier molecular flexibility index (Phi) is 15.5. The topological polar surface area (TPSA) is 150 Å². The van der Waals surface area contributed by atoms with Gasteiger partial charge in [-0.1, -0.05) is 12.1 Å². The first-order valence-corrected chi connectivity index (χ1v) is 13.8. The van der Waals surface area contributed by atoms with Gasteiger partial charge in [-0.3, -0.25) is 20.2 Å². The summed E-state index contributed by atoms with van der Waals surface area (Å²) < 4.78 is 4.49. The smallest absolute Gasteiger partial charge is 0.338 e. The molecule has 164 valence electrons. The predicted molar refractivity (Wildman–Crippen MR) is 137 cm³/mol. The Balaban J connectivity index is 0. The third-order valence-electron chi connectivity index (χ3n) is 3.64. The van der Waals surface area contributed by atoms with Gasteiger partial charge in [0.25, 0.3) is 11.4 Å². The Bertz CT molecular complexity index is 890. The fourth-order valence-corrected chi connectivity index (χ4v) is 2.21. The van der Waals surface area contributed by atoms with E-state index in [9.17, 15) is 29.8 Å². The van der Waals surface area contributed by atoms with Crippen LogP contribution in [0.2, 0.25) is 0 Å². The van der Waals surface area contributed by atoms with Crippen molar-refractivity contribution in [2.45, 2.75) is 13.8 Å². The highest BCUT2D eigenvalue weighted by atomic mass is 128. The number of carboxylic acid groups (broad SMARTS) is 1. The number of halogens is 3. The van der Waals surface area contributed by atoms with E-state index < -0.39 is 21.8 Å². The number of nitro groups is 2. The predicted octanol–water partition coefficient (Wildman–Crippen LogP) is 5.68. The van der Waals surface area contributed by atoms with Crippen molar-refractivity contribution < 1.29 is 29.3 Å². The van der Waals surface area contributed by atoms with Crippen LogP contribution in [0.5, 0.6) is 0 Å². The summed E-state index contributed by atoms with van der Waals surface area (Å²) in [5.74, 6) is -1.72. The maximum Gasteiger partial charge on any atom is 0.338 e. The number of carbonyl (C=O) groups excluding carboxylic acids is 1. The molecule has 2 rings (SSSR count). The Morgan fingerprint density at radius 3 is 1.60 bits per heavy atom. The van der Waals surface area contributed by atoms with Gasteiger partial charge in [-0.2, -0.15) is 0 Å². The average molecular weight is 758 g/mol. The minimum Gasteiger partial charge on any atom is -0.478 e. The molecule has 2 aromatic rings. The minimum atomic E-state index is -1.15. The van der Waals surface area contributed by atoms with Crippen LogP contribution < -0.4 is 0 Å². The molecule has 0 fully saturated rings. The average Bonchev–Trinajstić information content (AvgIpc) is 2.69. The molecule has 0 aromatic heterocycles. The summed E-state index contributed by atoms with van der Waals surface area (Å²) >= 11 is 4.24. The largest absolute Gasteiger partial charge is 0.478 e. The molecule has 0 heterocycles. The van der Waals surface area contributed by atoms with Crippen LogP contribution >= 0.6 is 61.2 Å². The van der Waals surface area contributed by atoms with Crippen molar-refractivity contribution in [3.05, 3.63) is 78.9 Å². The van der Waals surface area contributed by atoms with Crippen molar-refractivity contribution in [1.82, 2.24) is 0 Å². The van der Waals surface area contributed by atoms with Gasteiger partial charge in [-0.15, -0.1) is 24.0 Å². The Labute approximate surface area is 212 Å². The molecule has 0 amide bonds. The lowest BCUT2D eigenvalue weighted by Crippen LogP contribution is -2.05. The molecule has 0 atom stereocenters. The zero-order valence-electron chi connectivity index (χ0n) is 15.8. The SMILES string of the molecule is COC(=O)c1cccc([N+](=O)[O-])c1C.Cc1c(C(=O)O)cccc1[N+](=O)[O-].I.II. The normalized spacial score (nSPS) is 8.83. The molecule has 13 heteroatoms. The molecule has 10 nitrogen and oxygen atoms in total. The fourth-order valence-electron chi connectivity index (χ4n) is 2.21. The van der Waals surface area contributed by atoms with Crippen LogP contribution in [0.1, 0.15) is 31.8 Å². The number of hydrogen-bond acceptors (Lipinski definition) is 7. The van der Waals surface area contributed by atoms with Crippen molar-refractivity contribution >= 4 is 84.5 Å². The lowest BCUT2D eigenvalue weighted by atomic mass is 10.1. The molecule has 30 heavy (non-hydrogen) atoms. The van der Waals surface area contributed by atoms with Crippen molar-refractivity contribution in [2.75, 3.05) is 7.11 Å². The number of carboxylic acids is 1. The molecule has 0 unspecified atom stereocenters. The number of rotatable bonds is 4. The number of nitro benzene ring substituents is 2. The molecule has 0 saturated heterocycles. The van der Waals surface area contributed by atoms with Crippen molar-refractivity contribution in [3.8, 4) is 0 Å². The highest BCUT2D eigenvalue weighted by Gasteiger charge is 2.18. The van der Waals surface area contributed by atoms with Crippen LogP contribution in [0.25, 0.3) is 0 Å². The minimum absolute atomic E-state index is 0. The van der Waals surface area contributed by atoms with Crippen LogP contribution in [0.4, 0.5) is 11.4 Å². The van der Waals surface area contributed by atoms with Crippen LogP contribution in [-0.4, -0.2) is 34.0 Å². The molecule has 2 aromatic carbocycles. The lowest BCUT2D eigenvalue weighted by Gasteiger charge is -2.03. The summed E-state index contributed by atoms with van der Waals surface area (Å²) in [7, 11) is 1.24. The van der Waals surface area contributed by atoms with Crippen LogP contribution in [0, 0.1) is 34.1 Å².